The average Bonchev–Trinajstić information content (AvgIpc) is 2.65. The molecule has 0 aromatic heterocycles. The van der Waals surface area contributed by atoms with Gasteiger partial charge in [0, 0.05) is 32.8 Å². The lowest BCUT2D eigenvalue weighted by molar-refractivity contribution is 0.0775. The summed E-state index contributed by atoms with van der Waals surface area (Å²) in [5.74, 6) is 0. The van der Waals surface area contributed by atoms with Gasteiger partial charge in [-0.3, -0.25) is 0 Å². The maximum absolute atomic E-state index is 5.65. The molecule has 1 aliphatic rings. The Bertz CT molecular complexity index is 127. The standard InChI is InChI=1S/C9H20N2O2/c1-12-6-4-11-8(7-10)9-3-2-5-13-9/h8-9,11H,2-7,10H2,1H3. The lowest BCUT2D eigenvalue weighted by Crippen LogP contribution is -2.46. The highest BCUT2D eigenvalue weighted by molar-refractivity contribution is 4.80. The van der Waals surface area contributed by atoms with Gasteiger partial charge in [-0.25, -0.2) is 0 Å². The molecule has 0 radical (unpaired) electrons. The summed E-state index contributed by atoms with van der Waals surface area (Å²) < 4.78 is 10.5. The van der Waals surface area contributed by atoms with Gasteiger partial charge in [0.15, 0.2) is 0 Å². The largest absolute Gasteiger partial charge is 0.383 e. The van der Waals surface area contributed by atoms with Gasteiger partial charge in [-0.1, -0.05) is 0 Å². The SMILES string of the molecule is COCCNC(CN)C1CCCO1. The van der Waals surface area contributed by atoms with Crippen LogP contribution in [0.5, 0.6) is 0 Å². The monoisotopic (exact) mass is 188 g/mol. The summed E-state index contributed by atoms with van der Waals surface area (Å²) in [5.41, 5.74) is 5.65. The van der Waals surface area contributed by atoms with E-state index in [9.17, 15) is 0 Å². The molecule has 1 fully saturated rings. The van der Waals surface area contributed by atoms with Gasteiger partial charge in [0.2, 0.25) is 0 Å². The van der Waals surface area contributed by atoms with Gasteiger partial charge in [0.05, 0.1) is 12.7 Å². The number of nitrogens with one attached hydrogen (secondary N) is 1. The highest BCUT2D eigenvalue weighted by Gasteiger charge is 2.23. The lowest BCUT2D eigenvalue weighted by atomic mass is 10.1. The molecule has 0 aromatic rings. The first-order valence-electron chi connectivity index (χ1n) is 4.92. The molecular formula is C9H20N2O2. The Hall–Kier alpha value is -0.160. The van der Waals surface area contributed by atoms with Crippen LogP contribution in [0.3, 0.4) is 0 Å². The summed E-state index contributed by atoms with van der Waals surface area (Å²) >= 11 is 0. The number of hydrogen-bond acceptors (Lipinski definition) is 4. The number of methoxy groups -OCH3 is 1. The topological polar surface area (TPSA) is 56.5 Å². The van der Waals surface area contributed by atoms with Crippen LogP contribution >= 0.6 is 0 Å². The predicted molar refractivity (Wildman–Crippen MR) is 51.7 cm³/mol. The van der Waals surface area contributed by atoms with Crippen molar-refractivity contribution in [3.8, 4) is 0 Å². The van der Waals surface area contributed by atoms with E-state index < -0.39 is 0 Å². The van der Waals surface area contributed by atoms with E-state index in [0.29, 0.717) is 12.6 Å². The van der Waals surface area contributed by atoms with E-state index in [1.807, 2.05) is 0 Å². The molecule has 2 atom stereocenters. The third kappa shape index (κ3) is 3.60. The third-order valence-corrected chi connectivity index (χ3v) is 2.38. The molecule has 1 rings (SSSR count). The van der Waals surface area contributed by atoms with Crippen molar-refractivity contribution in [1.29, 1.82) is 0 Å². The molecule has 4 heteroatoms. The predicted octanol–water partition coefficient (Wildman–Crippen LogP) is -0.271. The molecule has 78 valence electrons. The number of nitrogens with two attached hydrogens (primary N) is 1. The van der Waals surface area contributed by atoms with Gasteiger partial charge >= 0.3 is 0 Å². The van der Waals surface area contributed by atoms with Crippen LogP contribution in [0, 0.1) is 0 Å². The van der Waals surface area contributed by atoms with Gasteiger partial charge < -0.3 is 20.5 Å². The van der Waals surface area contributed by atoms with E-state index >= 15 is 0 Å². The smallest absolute Gasteiger partial charge is 0.0741 e. The highest BCUT2D eigenvalue weighted by Crippen LogP contribution is 2.14. The molecule has 4 nitrogen and oxygen atoms in total. The maximum Gasteiger partial charge on any atom is 0.0741 e. The second-order valence-corrected chi connectivity index (χ2v) is 3.34. The summed E-state index contributed by atoms with van der Waals surface area (Å²) in [7, 11) is 1.70. The van der Waals surface area contributed by atoms with E-state index in [4.69, 9.17) is 15.2 Å². The van der Waals surface area contributed by atoms with Crippen molar-refractivity contribution in [1.82, 2.24) is 5.32 Å². The summed E-state index contributed by atoms with van der Waals surface area (Å²) in [4.78, 5) is 0. The van der Waals surface area contributed by atoms with Crippen LogP contribution in [0.2, 0.25) is 0 Å². The molecule has 0 aliphatic carbocycles. The van der Waals surface area contributed by atoms with Gasteiger partial charge in [0.25, 0.3) is 0 Å². The fraction of sp³-hybridized carbons (Fsp3) is 1.00. The van der Waals surface area contributed by atoms with E-state index in [0.717, 1.165) is 32.6 Å². The van der Waals surface area contributed by atoms with E-state index in [1.54, 1.807) is 7.11 Å². The molecule has 2 unspecified atom stereocenters. The first-order chi connectivity index (χ1) is 6.38. The Balaban J connectivity index is 2.16. The lowest BCUT2D eigenvalue weighted by Gasteiger charge is -2.22. The van der Waals surface area contributed by atoms with Crippen LogP contribution in [-0.2, 0) is 9.47 Å². The minimum Gasteiger partial charge on any atom is -0.383 e. The van der Waals surface area contributed by atoms with Gasteiger partial charge in [-0.05, 0) is 12.8 Å². The van der Waals surface area contributed by atoms with Crippen molar-refractivity contribution in [2.45, 2.75) is 25.0 Å². The molecule has 3 N–H and O–H groups in total. The van der Waals surface area contributed by atoms with Crippen molar-refractivity contribution < 1.29 is 9.47 Å². The Morgan fingerprint density at radius 2 is 2.54 bits per heavy atom. The number of ether oxygens (including phenoxy) is 2. The zero-order chi connectivity index (χ0) is 9.52. The fourth-order valence-corrected chi connectivity index (χ4v) is 1.63. The van der Waals surface area contributed by atoms with Crippen LogP contribution < -0.4 is 11.1 Å². The zero-order valence-electron chi connectivity index (χ0n) is 8.29. The van der Waals surface area contributed by atoms with Gasteiger partial charge in [0.1, 0.15) is 0 Å². The average molecular weight is 188 g/mol. The Labute approximate surface area is 79.8 Å². The van der Waals surface area contributed by atoms with Gasteiger partial charge in [-0.15, -0.1) is 0 Å². The molecule has 0 saturated carbocycles. The molecule has 0 aromatic carbocycles. The molecule has 0 spiro atoms. The van der Waals surface area contributed by atoms with Crippen molar-refractivity contribution in [2.75, 3.05) is 33.4 Å². The molecule has 0 bridgehead atoms. The number of rotatable bonds is 6. The van der Waals surface area contributed by atoms with Crippen LogP contribution in [-0.4, -0.2) is 45.6 Å². The molecular weight excluding hydrogens is 168 g/mol. The van der Waals surface area contributed by atoms with Crippen molar-refractivity contribution in [3.63, 3.8) is 0 Å². The Morgan fingerprint density at radius 3 is 3.08 bits per heavy atom. The van der Waals surface area contributed by atoms with Crippen LogP contribution in [0.1, 0.15) is 12.8 Å². The molecule has 1 heterocycles. The summed E-state index contributed by atoms with van der Waals surface area (Å²) in [6.45, 7) is 3.09. The molecule has 0 amide bonds. The summed E-state index contributed by atoms with van der Waals surface area (Å²) in [5, 5.41) is 3.34. The third-order valence-electron chi connectivity index (χ3n) is 2.38. The van der Waals surface area contributed by atoms with Crippen molar-refractivity contribution in [3.05, 3.63) is 0 Å². The molecule has 13 heavy (non-hydrogen) atoms. The quantitative estimate of drug-likeness (QED) is 0.563. The van der Waals surface area contributed by atoms with E-state index in [2.05, 4.69) is 5.32 Å². The van der Waals surface area contributed by atoms with Crippen molar-refractivity contribution in [2.24, 2.45) is 5.73 Å². The first-order valence-corrected chi connectivity index (χ1v) is 4.92. The maximum atomic E-state index is 5.65. The Kier molecular flexibility index (Phi) is 5.31. The molecule has 1 aliphatic heterocycles. The molecule has 1 saturated heterocycles. The van der Waals surface area contributed by atoms with Crippen LogP contribution in [0.25, 0.3) is 0 Å². The number of hydrogen-bond donors (Lipinski definition) is 2. The van der Waals surface area contributed by atoms with Crippen LogP contribution in [0.4, 0.5) is 0 Å². The zero-order valence-corrected chi connectivity index (χ0v) is 8.29. The first kappa shape index (κ1) is 10.9. The minimum atomic E-state index is 0.289. The van der Waals surface area contributed by atoms with E-state index in [-0.39, 0.29) is 6.04 Å². The summed E-state index contributed by atoms with van der Waals surface area (Å²) in [6.07, 6.45) is 2.59. The van der Waals surface area contributed by atoms with Gasteiger partial charge in [-0.2, -0.15) is 0 Å². The minimum absolute atomic E-state index is 0.289. The van der Waals surface area contributed by atoms with E-state index in [1.165, 1.54) is 0 Å². The second-order valence-electron chi connectivity index (χ2n) is 3.34. The fourth-order valence-electron chi connectivity index (χ4n) is 1.63. The normalized spacial score (nSPS) is 24.9. The Morgan fingerprint density at radius 1 is 1.69 bits per heavy atom. The summed E-state index contributed by atoms with van der Waals surface area (Å²) in [6, 6.07) is 0.289. The highest BCUT2D eigenvalue weighted by atomic mass is 16.5. The van der Waals surface area contributed by atoms with Crippen molar-refractivity contribution >= 4 is 0 Å². The second kappa shape index (κ2) is 6.32. The van der Waals surface area contributed by atoms with Crippen LogP contribution in [0.15, 0.2) is 0 Å².